The van der Waals surface area contributed by atoms with Crippen molar-refractivity contribution in [1.82, 2.24) is 9.88 Å². The molecule has 0 fully saturated rings. The van der Waals surface area contributed by atoms with E-state index in [1.165, 1.54) is 0 Å². The highest BCUT2D eigenvalue weighted by atomic mass is 16.2. The van der Waals surface area contributed by atoms with E-state index in [1.54, 1.807) is 22.9 Å². The zero-order valence-electron chi connectivity index (χ0n) is 13.3. The van der Waals surface area contributed by atoms with Gasteiger partial charge in [-0.15, -0.1) is 0 Å². The highest BCUT2D eigenvalue weighted by molar-refractivity contribution is 6.09. The van der Waals surface area contributed by atoms with Gasteiger partial charge in [-0.25, -0.2) is 0 Å². The summed E-state index contributed by atoms with van der Waals surface area (Å²) in [4.78, 5) is 24.7. The summed E-state index contributed by atoms with van der Waals surface area (Å²) in [5.74, 6) is -0.135. The monoisotopic (exact) mass is 298 g/mol. The third-order valence-electron chi connectivity index (χ3n) is 3.79. The second-order valence-electron chi connectivity index (χ2n) is 5.54. The Hall–Kier alpha value is -2.36. The van der Waals surface area contributed by atoms with Gasteiger partial charge in [0.1, 0.15) is 6.54 Å². The van der Waals surface area contributed by atoms with Crippen molar-refractivity contribution in [2.75, 3.05) is 0 Å². The Kier molecular flexibility index (Phi) is 5.15. The molecule has 0 spiro atoms. The Morgan fingerprint density at radius 2 is 1.91 bits per heavy atom. The Morgan fingerprint density at radius 1 is 1.18 bits per heavy atom. The van der Waals surface area contributed by atoms with Crippen LogP contribution in [0.4, 0.5) is 0 Å². The number of aryl methyl sites for hydroxylation is 1. The molecule has 0 bridgehead atoms. The number of nitrogens with zero attached hydrogens (tertiary/aromatic N) is 1. The van der Waals surface area contributed by atoms with Gasteiger partial charge in [-0.2, -0.15) is 0 Å². The Bertz CT molecular complexity index is 673. The lowest BCUT2D eigenvalue weighted by Gasteiger charge is -2.13. The topological polar surface area (TPSA) is 51.1 Å². The standard InChI is InChI=1S/C18H22N2O2/c1-4-14(3)19-17(21)12-20-11-7-10-16(20)18(22)15-9-6-5-8-13(15)2/h5-11,14H,4,12H2,1-3H3,(H,19,21). The molecule has 1 atom stereocenters. The average molecular weight is 298 g/mol. The molecule has 4 nitrogen and oxygen atoms in total. The van der Waals surface area contributed by atoms with Gasteiger partial charge in [0.15, 0.2) is 0 Å². The summed E-state index contributed by atoms with van der Waals surface area (Å²) in [5.41, 5.74) is 2.14. The predicted molar refractivity (Wildman–Crippen MR) is 86.9 cm³/mol. The number of nitrogens with one attached hydrogen (secondary N) is 1. The molecule has 116 valence electrons. The third kappa shape index (κ3) is 3.64. The van der Waals surface area contributed by atoms with E-state index in [0.717, 1.165) is 12.0 Å². The Labute approximate surface area is 131 Å². The largest absolute Gasteiger partial charge is 0.352 e. The van der Waals surface area contributed by atoms with E-state index in [0.29, 0.717) is 11.3 Å². The van der Waals surface area contributed by atoms with Crippen molar-refractivity contribution in [1.29, 1.82) is 0 Å². The predicted octanol–water partition coefficient (Wildman–Crippen LogP) is 2.94. The molecular weight excluding hydrogens is 276 g/mol. The molecule has 1 heterocycles. The van der Waals surface area contributed by atoms with Gasteiger partial charge in [0, 0.05) is 17.8 Å². The summed E-state index contributed by atoms with van der Waals surface area (Å²) < 4.78 is 1.70. The van der Waals surface area contributed by atoms with Gasteiger partial charge in [0.2, 0.25) is 11.7 Å². The van der Waals surface area contributed by atoms with Crippen molar-refractivity contribution in [3.63, 3.8) is 0 Å². The minimum atomic E-state index is -0.0793. The molecule has 0 saturated carbocycles. The van der Waals surface area contributed by atoms with Crippen LogP contribution in [0.25, 0.3) is 0 Å². The number of hydrogen-bond donors (Lipinski definition) is 1. The van der Waals surface area contributed by atoms with E-state index in [9.17, 15) is 9.59 Å². The normalized spacial score (nSPS) is 12.0. The first-order valence-corrected chi connectivity index (χ1v) is 7.57. The number of aromatic nitrogens is 1. The van der Waals surface area contributed by atoms with Gasteiger partial charge in [-0.1, -0.05) is 31.2 Å². The van der Waals surface area contributed by atoms with E-state index in [1.807, 2.05) is 45.0 Å². The highest BCUT2D eigenvalue weighted by Crippen LogP contribution is 2.14. The van der Waals surface area contributed by atoms with Crippen molar-refractivity contribution < 1.29 is 9.59 Å². The van der Waals surface area contributed by atoms with E-state index < -0.39 is 0 Å². The molecule has 1 aromatic carbocycles. The van der Waals surface area contributed by atoms with Gasteiger partial charge in [-0.3, -0.25) is 9.59 Å². The molecule has 1 unspecified atom stereocenters. The summed E-state index contributed by atoms with van der Waals surface area (Å²) in [5, 5.41) is 2.91. The molecule has 1 aromatic heterocycles. The SMILES string of the molecule is CCC(C)NC(=O)Cn1cccc1C(=O)c1ccccc1C. The second kappa shape index (κ2) is 7.07. The number of amides is 1. The minimum absolute atomic E-state index is 0.0561. The van der Waals surface area contributed by atoms with Crippen LogP contribution in [-0.4, -0.2) is 22.3 Å². The maximum Gasteiger partial charge on any atom is 0.240 e. The fraction of sp³-hybridized carbons (Fsp3) is 0.333. The molecule has 22 heavy (non-hydrogen) atoms. The Morgan fingerprint density at radius 3 is 2.59 bits per heavy atom. The molecule has 0 aliphatic carbocycles. The summed E-state index contributed by atoms with van der Waals surface area (Å²) in [6.07, 6.45) is 2.65. The number of carbonyl (C=O) groups excluding carboxylic acids is 2. The lowest BCUT2D eigenvalue weighted by Crippen LogP contribution is -2.35. The smallest absolute Gasteiger partial charge is 0.240 e. The zero-order valence-corrected chi connectivity index (χ0v) is 13.3. The first-order valence-electron chi connectivity index (χ1n) is 7.57. The summed E-state index contributed by atoms with van der Waals surface area (Å²) in [7, 11) is 0. The first-order chi connectivity index (χ1) is 10.5. The summed E-state index contributed by atoms with van der Waals surface area (Å²) in [6, 6.07) is 11.2. The molecular formula is C18H22N2O2. The van der Waals surface area contributed by atoms with Crippen molar-refractivity contribution in [2.45, 2.75) is 39.8 Å². The quantitative estimate of drug-likeness (QED) is 0.834. The number of carbonyl (C=O) groups is 2. The van der Waals surface area contributed by atoms with Crippen molar-refractivity contribution in [3.05, 3.63) is 59.4 Å². The highest BCUT2D eigenvalue weighted by Gasteiger charge is 2.16. The van der Waals surface area contributed by atoms with Crippen LogP contribution in [0.2, 0.25) is 0 Å². The number of ketones is 1. The molecule has 2 rings (SSSR count). The van der Waals surface area contributed by atoms with E-state index in [-0.39, 0.29) is 24.3 Å². The third-order valence-corrected chi connectivity index (χ3v) is 3.79. The fourth-order valence-electron chi connectivity index (χ4n) is 2.30. The number of rotatable bonds is 6. The molecule has 0 aliphatic rings. The minimum Gasteiger partial charge on any atom is -0.352 e. The van der Waals surface area contributed by atoms with Gasteiger partial charge in [0.25, 0.3) is 0 Å². The van der Waals surface area contributed by atoms with Crippen molar-refractivity contribution in [2.24, 2.45) is 0 Å². The number of hydrogen-bond acceptors (Lipinski definition) is 2. The lowest BCUT2D eigenvalue weighted by molar-refractivity contribution is -0.122. The average Bonchev–Trinajstić information content (AvgIpc) is 2.94. The summed E-state index contributed by atoms with van der Waals surface area (Å²) >= 11 is 0. The van der Waals surface area contributed by atoms with Crippen LogP contribution >= 0.6 is 0 Å². The van der Waals surface area contributed by atoms with Crippen LogP contribution in [0.15, 0.2) is 42.6 Å². The van der Waals surface area contributed by atoms with Crippen LogP contribution in [0.5, 0.6) is 0 Å². The van der Waals surface area contributed by atoms with Crippen LogP contribution < -0.4 is 5.32 Å². The first kappa shape index (κ1) is 16.0. The molecule has 0 radical (unpaired) electrons. The lowest BCUT2D eigenvalue weighted by atomic mass is 10.0. The molecule has 0 saturated heterocycles. The van der Waals surface area contributed by atoms with E-state index in [2.05, 4.69) is 5.32 Å². The number of benzene rings is 1. The second-order valence-corrected chi connectivity index (χ2v) is 5.54. The van der Waals surface area contributed by atoms with Crippen LogP contribution in [0.3, 0.4) is 0 Å². The van der Waals surface area contributed by atoms with Crippen molar-refractivity contribution >= 4 is 11.7 Å². The summed E-state index contributed by atoms with van der Waals surface area (Å²) in [6.45, 7) is 6.06. The maximum absolute atomic E-state index is 12.7. The van der Waals surface area contributed by atoms with Crippen LogP contribution in [-0.2, 0) is 11.3 Å². The van der Waals surface area contributed by atoms with E-state index in [4.69, 9.17) is 0 Å². The van der Waals surface area contributed by atoms with E-state index >= 15 is 0 Å². The van der Waals surface area contributed by atoms with Gasteiger partial charge in [-0.05, 0) is 38.0 Å². The fourth-order valence-corrected chi connectivity index (χ4v) is 2.30. The van der Waals surface area contributed by atoms with Crippen LogP contribution in [0, 0.1) is 6.92 Å². The zero-order chi connectivity index (χ0) is 16.1. The van der Waals surface area contributed by atoms with Crippen LogP contribution in [0.1, 0.15) is 41.9 Å². The van der Waals surface area contributed by atoms with Gasteiger partial charge >= 0.3 is 0 Å². The molecule has 1 N–H and O–H groups in total. The molecule has 4 heteroatoms. The maximum atomic E-state index is 12.7. The van der Waals surface area contributed by atoms with Crippen molar-refractivity contribution in [3.8, 4) is 0 Å². The molecule has 0 aliphatic heterocycles. The van der Waals surface area contributed by atoms with Gasteiger partial charge < -0.3 is 9.88 Å². The molecule has 2 aromatic rings. The van der Waals surface area contributed by atoms with Gasteiger partial charge in [0.05, 0.1) is 5.69 Å². The molecule has 1 amide bonds. The Balaban J connectivity index is 2.18.